The van der Waals surface area contributed by atoms with E-state index in [1.807, 2.05) is 0 Å². The molecule has 0 bridgehead atoms. The van der Waals surface area contributed by atoms with E-state index in [4.69, 9.17) is 22.1 Å². The lowest BCUT2D eigenvalue weighted by Gasteiger charge is -2.26. The van der Waals surface area contributed by atoms with E-state index in [1.165, 1.54) is 12.3 Å². The predicted molar refractivity (Wildman–Crippen MR) is 58.0 cm³/mol. The average molecular weight is 269 g/mol. The molecule has 1 aromatic rings. The van der Waals surface area contributed by atoms with E-state index in [9.17, 15) is 13.2 Å². The van der Waals surface area contributed by atoms with E-state index < -0.39 is 18.3 Å². The first kappa shape index (κ1) is 14.1. The normalized spacial score (nSPS) is 15.4. The Labute approximate surface area is 102 Å². The SMILES string of the molecule is CCC(N)C(Oc1cncc(Cl)c1)C(F)(F)F. The molecule has 2 unspecified atom stereocenters. The van der Waals surface area contributed by atoms with Crippen LogP contribution in [0.1, 0.15) is 13.3 Å². The topological polar surface area (TPSA) is 48.1 Å². The molecule has 1 heterocycles. The number of hydrogen-bond acceptors (Lipinski definition) is 3. The van der Waals surface area contributed by atoms with Gasteiger partial charge < -0.3 is 10.5 Å². The van der Waals surface area contributed by atoms with E-state index in [1.54, 1.807) is 6.92 Å². The van der Waals surface area contributed by atoms with Gasteiger partial charge in [0.2, 0.25) is 6.10 Å². The lowest BCUT2D eigenvalue weighted by molar-refractivity contribution is -0.200. The average Bonchev–Trinajstić information content (AvgIpc) is 2.23. The van der Waals surface area contributed by atoms with Crippen molar-refractivity contribution in [3.63, 3.8) is 0 Å². The quantitative estimate of drug-likeness (QED) is 0.913. The number of ether oxygens (including phenoxy) is 1. The van der Waals surface area contributed by atoms with Crippen molar-refractivity contribution in [1.82, 2.24) is 4.98 Å². The molecular weight excluding hydrogens is 257 g/mol. The van der Waals surface area contributed by atoms with Crippen molar-refractivity contribution in [2.24, 2.45) is 5.73 Å². The number of rotatable bonds is 4. The van der Waals surface area contributed by atoms with Gasteiger partial charge in [-0.05, 0) is 6.42 Å². The van der Waals surface area contributed by atoms with Gasteiger partial charge in [-0.2, -0.15) is 13.2 Å². The van der Waals surface area contributed by atoms with Crippen LogP contribution in [0, 0.1) is 0 Å². The fraction of sp³-hybridized carbons (Fsp3) is 0.500. The Bertz CT molecular complexity index is 373. The lowest BCUT2D eigenvalue weighted by Crippen LogP contribution is -2.48. The van der Waals surface area contributed by atoms with Gasteiger partial charge >= 0.3 is 6.18 Å². The van der Waals surface area contributed by atoms with Crippen LogP contribution in [0.2, 0.25) is 5.02 Å². The number of alkyl halides is 3. The molecule has 2 atom stereocenters. The predicted octanol–water partition coefficient (Wildman–Crippen LogP) is 2.78. The van der Waals surface area contributed by atoms with Gasteiger partial charge in [-0.1, -0.05) is 18.5 Å². The highest BCUT2D eigenvalue weighted by atomic mass is 35.5. The fourth-order valence-corrected chi connectivity index (χ4v) is 1.38. The van der Waals surface area contributed by atoms with E-state index in [-0.39, 0.29) is 17.2 Å². The van der Waals surface area contributed by atoms with Gasteiger partial charge in [0.15, 0.2) is 0 Å². The number of hydrogen-bond donors (Lipinski definition) is 1. The first-order valence-corrected chi connectivity index (χ1v) is 5.32. The smallest absolute Gasteiger partial charge is 0.426 e. The fourth-order valence-electron chi connectivity index (χ4n) is 1.21. The third-order valence-corrected chi connectivity index (χ3v) is 2.33. The molecule has 17 heavy (non-hydrogen) atoms. The molecule has 0 aliphatic rings. The van der Waals surface area contributed by atoms with E-state index in [0.717, 1.165) is 6.20 Å². The minimum atomic E-state index is -4.53. The Morgan fingerprint density at radius 1 is 1.47 bits per heavy atom. The third kappa shape index (κ3) is 4.05. The van der Waals surface area contributed by atoms with E-state index in [2.05, 4.69) is 4.98 Å². The highest BCUT2D eigenvalue weighted by Gasteiger charge is 2.45. The standard InChI is InChI=1S/C10H12ClF3N2O/c1-2-8(15)9(10(12,13)14)17-7-3-6(11)4-16-5-7/h3-5,8-9H,2,15H2,1H3. The largest absolute Gasteiger partial charge is 0.478 e. The second-order valence-electron chi connectivity index (χ2n) is 3.49. The molecule has 0 spiro atoms. The molecule has 0 saturated carbocycles. The van der Waals surface area contributed by atoms with Crippen molar-refractivity contribution in [2.45, 2.75) is 31.7 Å². The molecule has 0 fully saturated rings. The molecule has 0 aliphatic carbocycles. The zero-order valence-electron chi connectivity index (χ0n) is 9.04. The molecule has 0 aliphatic heterocycles. The summed E-state index contributed by atoms with van der Waals surface area (Å²) in [6.45, 7) is 1.56. The molecule has 96 valence electrons. The molecule has 3 nitrogen and oxygen atoms in total. The van der Waals surface area contributed by atoms with E-state index >= 15 is 0 Å². The van der Waals surface area contributed by atoms with Crippen LogP contribution in [0.15, 0.2) is 18.5 Å². The minimum absolute atomic E-state index is 0.0521. The van der Waals surface area contributed by atoms with Crippen LogP contribution in [0.25, 0.3) is 0 Å². The van der Waals surface area contributed by atoms with Crippen molar-refractivity contribution in [2.75, 3.05) is 0 Å². The van der Waals surface area contributed by atoms with Gasteiger partial charge in [0.1, 0.15) is 5.75 Å². The number of nitrogens with zero attached hydrogens (tertiary/aromatic N) is 1. The summed E-state index contributed by atoms with van der Waals surface area (Å²) in [5.41, 5.74) is 5.39. The van der Waals surface area contributed by atoms with Gasteiger partial charge in [-0.3, -0.25) is 4.98 Å². The van der Waals surface area contributed by atoms with Crippen LogP contribution in [0.4, 0.5) is 13.2 Å². The highest BCUT2D eigenvalue weighted by molar-refractivity contribution is 6.30. The summed E-state index contributed by atoms with van der Waals surface area (Å²) in [5.74, 6) is -0.0521. The summed E-state index contributed by atoms with van der Waals surface area (Å²) in [6.07, 6.45) is -3.98. The third-order valence-electron chi connectivity index (χ3n) is 2.13. The molecule has 1 aromatic heterocycles. The molecular formula is C10H12ClF3N2O. The maximum atomic E-state index is 12.7. The second kappa shape index (κ2) is 5.55. The van der Waals surface area contributed by atoms with Gasteiger partial charge in [-0.25, -0.2) is 0 Å². The molecule has 1 rings (SSSR count). The maximum absolute atomic E-state index is 12.7. The summed E-state index contributed by atoms with van der Waals surface area (Å²) in [7, 11) is 0. The Morgan fingerprint density at radius 2 is 2.12 bits per heavy atom. The number of nitrogens with two attached hydrogens (primary N) is 1. The molecule has 0 radical (unpaired) electrons. The molecule has 2 N–H and O–H groups in total. The van der Waals surface area contributed by atoms with E-state index in [0.29, 0.717) is 0 Å². The number of pyridine rings is 1. The second-order valence-corrected chi connectivity index (χ2v) is 3.93. The van der Waals surface area contributed by atoms with Crippen molar-refractivity contribution in [1.29, 1.82) is 0 Å². The zero-order chi connectivity index (χ0) is 13.1. The van der Waals surface area contributed by atoms with Crippen LogP contribution >= 0.6 is 11.6 Å². The monoisotopic (exact) mass is 268 g/mol. The number of halogens is 4. The Hall–Kier alpha value is -1.01. The minimum Gasteiger partial charge on any atom is -0.478 e. The summed E-state index contributed by atoms with van der Waals surface area (Å²) < 4.78 is 42.9. The van der Waals surface area contributed by atoms with Crippen molar-refractivity contribution < 1.29 is 17.9 Å². The van der Waals surface area contributed by atoms with Crippen LogP contribution in [0.5, 0.6) is 5.75 Å². The highest BCUT2D eigenvalue weighted by Crippen LogP contribution is 2.28. The van der Waals surface area contributed by atoms with Gasteiger partial charge in [0, 0.05) is 12.3 Å². The Balaban J connectivity index is 2.87. The van der Waals surface area contributed by atoms with Gasteiger partial charge in [-0.15, -0.1) is 0 Å². The first-order chi connectivity index (χ1) is 7.84. The lowest BCUT2D eigenvalue weighted by atomic mass is 10.1. The molecule has 0 saturated heterocycles. The number of aromatic nitrogens is 1. The van der Waals surface area contributed by atoms with Crippen molar-refractivity contribution in [3.8, 4) is 5.75 Å². The molecule has 7 heteroatoms. The summed E-state index contributed by atoms with van der Waals surface area (Å²) in [4.78, 5) is 3.64. The van der Waals surface area contributed by atoms with Crippen molar-refractivity contribution in [3.05, 3.63) is 23.5 Å². The summed E-state index contributed by atoms with van der Waals surface area (Å²) in [6, 6.07) is 0.129. The van der Waals surface area contributed by atoms with Crippen LogP contribution in [0.3, 0.4) is 0 Å². The Morgan fingerprint density at radius 3 is 2.59 bits per heavy atom. The molecule has 0 aromatic carbocycles. The molecule has 0 amide bonds. The Kier molecular flexibility index (Phi) is 4.59. The van der Waals surface area contributed by atoms with Crippen LogP contribution in [-0.2, 0) is 0 Å². The van der Waals surface area contributed by atoms with Crippen LogP contribution in [-0.4, -0.2) is 23.3 Å². The van der Waals surface area contributed by atoms with Crippen molar-refractivity contribution >= 4 is 11.6 Å². The van der Waals surface area contributed by atoms with Gasteiger partial charge in [0.25, 0.3) is 0 Å². The van der Waals surface area contributed by atoms with Crippen LogP contribution < -0.4 is 10.5 Å². The zero-order valence-corrected chi connectivity index (χ0v) is 9.79. The van der Waals surface area contributed by atoms with Gasteiger partial charge in [0.05, 0.1) is 17.3 Å². The maximum Gasteiger partial charge on any atom is 0.426 e. The summed E-state index contributed by atoms with van der Waals surface area (Å²) >= 11 is 5.60. The first-order valence-electron chi connectivity index (χ1n) is 4.94. The summed E-state index contributed by atoms with van der Waals surface area (Å²) in [5, 5.41) is 0.202.